The van der Waals surface area contributed by atoms with Gasteiger partial charge in [-0.2, -0.15) is 0 Å². The molecule has 0 aromatic carbocycles. The number of rotatable bonds is 14. The standard InChI is InChI=1S/C27H41NO6.C26H39NO6.Li.N2.O2.H2O/c1-17(2)6-7-19-24(3,34-19)21-20(31-4)18(8-9-27(21)16-33-27)28-22(29)25-10-13-26(14-11-25,15-12-25)23(30)32-5;1-16(2)5-6-18-23(3,33-18)20-19(31-4)17(7-8-26(20)15-32-26)27-21(28)24-9-12-25(13-10-24,14-11-24)22(29)30;;2*1-2;/h6,18-21H,7-16H2,1-5H3,(H,28,29);5,17-20H,6-15H2,1-4H3,(H,27,28)(H,29,30);;;;1H2/q;;+1;;;/p-1/t18-,19-,20-,21-,24+,25?,26?,27+;17-,18-,19-,20-,23+,24?,25?,26+;;;;/m11..../s1. The van der Waals surface area contributed by atoms with Crippen LogP contribution in [0.5, 0.6) is 0 Å². The fourth-order valence-electron chi connectivity index (χ4n) is 14.8. The van der Waals surface area contributed by atoms with Gasteiger partial charge < -0.3 is 54.4 Å². The van der Waals surface area contributed by atoms with Crippen LogP contribution in [0, 0.1) is 54.2 Å². The van der Waals surface area contributed by atoms with Crippen molar-refractivity contribution in [3.8, 4) is 0 Å². The van der Waals surface area contributed by atoms with E-state index in [1.54, 1.807) is 14.2 Å². The van der Waals surface area contributed by atoms with Gasteiger partial charge in [0.05, 0.1) is 78.9 Å². The maximum Gasteiger partial charge on any atom is 1.00 e. The van der Waals surface area contributed by atoms with Crippen LogP contribution in [-0.4, -0.2) is 128 Å². The van der Waals surface area contributed by atoms with E-state index in [1.807, 2.05) is 0 Å². The summed E-state index contributed by atoms with van der Waals surface area (Å²) in [5.74, 6) is -0.428. The van der Waals surface area contributed by atoms with Crippen molar-refractivity contribution in [3.63, 3.8) is 0 Å². The summed E-state index contributed by atoms with van der Waals surface area (Å²) >= 11 is 0. The van der Waals surface area contributed by atoms with E-state index in [4.69, 9.17) is 53.9 Å². The van der Waals surface area contributed by atoms with Crippen molar-refractivity contribution in [2.24, 2.45) is 33.5 Å². The zero-order valence-electron chi connectivity index (χ0n) is 45.0. The first-order valence-corrected chi connectivity index (χ1v) is 26.0. The molecule has 4 N–H and O–H groups in total. The quantitative estimate of drug-likeness (QED) is 0.0721. The molecule has 73 heavy (non-hydrogen) atoms. The smallest absolute Gasteiger partial charge is 0.870 e. The number of carbonyl (C=O) groups is 4. The van der Waals surface area contributed by atoms with Crippen molar-refractivity contribution >= 4 is 23.8 Å². The third-order valence-corrected chi connectivity index (χ3v) is 19.7. The molecule has 404 valence electrons. The van der Waals surface area contributed by atoms with Gasteiger partial charge in [-0.25, -0.2) is 0 Å². The van der Waals surface area contributed by atoms with E-state index >= 15 is 0 Å². The van der Waals surface area contributed by atoms with Crippen molar-refractivity contribution in [2.75, 3.05) is 34.5 Å². The number of epoxide rings is 4. The van der Waals surface area contributed by atoms with Crippen LogP contribution >= 0.6 is 0 Å². The minimum Gasteiger partial charge on any atom is -0.870 e. The van der Waals surface area contributed by atoms with Gasteiger partial charge in [0.2, 0.25) is 11.8 Å². The van der Waals surface area contributed by atoms with Crippen molar-refractivity contribution in [1.82, 2.24) is 10.6 Å². The maximum atomic E-state index is 13.7. The molecular weight excluding hydrogens is 940 g/mol. The molecule has 4 aliphatic heterocycles. The van der Waals surface area contributed by atoms with Crippen LogP contribution < -0.4 is 29.5 Å². The number of carboxylic acid groups (broad SMARTS) is 1. The summed E-state index contributed by atoms with van der Waals surface area (Å²) in [4.78, 5) is 65.4. The van der Waals surface area contributed by atoms with E-state index in [2.05, 4.69) is 64.3 Å². The first kappa shape index (κ1) is 60.6. The predicted octanol–water partition coefficient (Wildman–Crippen LogP) is 4.22. The Hall–Kier alpha value is -3.30. The summed E-state index contributed by atoms with van der Waals surface area (Å²) in [6, 6.07) is -0.152. The SMILES string of the molecule is COC(=O)C12CCC(C(=O)N[C@@H]3CC[C@]4(CO4)[C@@H]([C@@]4(C)O[C@@H]4CC=C(C)C)[C@@H]3OC)(CC1)CC2.CO[C@@H]1[C@H](NC(=O)C23CCC(C(=O)O)(CC2)CC3)CC[C@]2(CO2)[C@H]1[C@@]1(C)O[C@@H]1CC=C(C)C.N#N.O=O.[Li+].[OH-]. The fraction of sp³-hybridized carbons (Fsp3) is 0.849. The molecule has 12 fully saturated rings. The summed E-state index contributed by atoms with van der Waals surface area (Å²) in [5, 5.41) is 28.5. The van der Waals surface area contributed by atoms with Crippen molar-refractivity contribution in [2.45, 2.75) is 216 Å². The van der Waals surface area contributed by atoms with Crippen LogP contribution in [0.3, 0.4) is 0 Å². The second-order valence-corrected chi connectivity index (χ2v) is 23.8. The molecule has 20 heteroatoms. The Kier molecular flexibility index (Phi) is 18.9. The fourth-order valence-corrected chi connectivity index (χ4v) is 14.8. The molecule has 12 atom stereocenters. The number of aliphatic carboxylic acids is 1. The Morgan fingerprint density at radius 2 is 0.904 bits per heavy atom. The van der Waals surface area contributed by atoms with E-state index in [0.717, 1.165) is 90.3 Å². The third kappa shape index (κ3) is 11.0. The van der Waals surface area contributed by atoms with Crippen LogP contribution in [-0.2, 0) is 52.3 Å². The zero-order chi connectivity index (χ0) is 52.0. The molecule has 4 heterocycles. The number of esters is 1. The van der Waals surface area contributed by atoms with Gasteiger partial charge in [0.25, 0.3) is 0 Å². The minimum atomic E-state index is -0.694. The van der Waals surface area contributed by atoms with Crippen molar-refractivity contribution in [3.05, 3.63) is 33.2 Å². The molecule has 19 nitrogen and oxygen atoms in total. The number of fused-ring (bicyclic) bond motifs is 6. The molecule has 2 amide bonds. The normalized spacial score (nSPS) is 43.4. The number of methoxy groups -OCH3 is 3. The van der Waals surface area contributed by atoms with Gasteiger partial charge in [-0.05, 0) is 157 Å². The number of hydrogen-bond donors (Lipinski definition) is 3. The third-order valence-electron chi connectivity index (χ3n) is 19.7. The van der Waals surface area contributed by atoms with E-state index < -0.39 is 16.8 Å². The largest absolute Gasteiger partial charge is 1.00 e. The Balaban J connectivity index is 0.000000247. The summed E-state index contributed by atoms with van der Waals surface area (Å²) in [7, 11) is 4.95. The van der Waals surface area contributed by atoms with Gasteiger partial charge in [0, 0.05) is 57.6 Å². The molecule has 0 aromatic heterocycles. The molecule has 0 radical (unpaired) electrons. The Labute approximate surface area is 442 Å². The Morgan fingerprint density at radius 1 is 0.589 bits per heavy atom. The van der Waals surface area contributed by atoms with Crippen LogP contribution in [0.1, 0.15) is 157 Å². The van der Waals surface area contributed by atoms with Gasteiger partial charge in [-0.15, -0.1) is 0 Å². The van der Waals surface area contributed by atoms with Crippen LogP contribution in [0.25, 0.3) is 0 Å². The topological polar surface area (TPSA) is 302 Å². The second kappa shape index (κ2) is 22.7. The van der Waals surface area contributed by atoms with Crippen molar-refractivity contribution in [1.29, 1.82) is 10.8 Å². The maximum absolute atomic E-state index is 13.7. The zero-order valence-corrected chi connectivity index (χ0v) is 45.0. The van der Waals surface area contributed by atoms with E-state index in [-0.39, 0.29) is 124 Å². The minimum absolute atomic E-state index is 0. The predicted molar refractivity (Wildman–Crippen MR) is 260 cm³/mol. The Bertz CT molecular complexity index is 2050. The molecule has 4 bridgehead atoms. The summed E-state index contributed by atoms with van der Waals surface area (Å²) in [5.41, 5.74) is -0.228. The first-order chi connectivity index (χ1) is 33.7. The molecule has 8 saturated carbocycles. The summed E-state index contributed by atoms with van der Waals surface area (Å²) in [6.45, 7) is 14.3. The number of carboxylic acids is 1. The van der Waals surface area contributed by atoms with Crippen LogP contribution in [0.15, 0.2) is 23.3 Å². The molecule has 0 aromatic rings. The number of hydrogen-bond acceptors (Lipinski definition) is 16. The van der Waals surface area contributed by atoms with E-state index in [1.165, 1.54) is 18.3 Å². The summed E-state index contributed by atoms with van der Waals surface area (Å²) < 4.78 is 41.9. The van der Waals surface area contributed by atoms with Gasteiger partial charge >= 0.3 is 30.8 Å². The van der Waals surface area contributed by atoms with E-state index in [9.17, 15) is 24.3 Å². The molecule has 0 unspecified atom stereocenters. The van der Waals surface area contributed by atoms with Crippen LogP contribution in [0.4, 0.5) is 0 Å². The van der Waals surface area contributed by atoms with Gasteiger partial charge in [0.1, 0.15) is 11.2 Å². The van der Waals surface area contributed by atoms with Gasteiger partial charge in [0.15, 0.2) is 0 Å². The molecule has 2 spiro atoms. The van der Waals surface area contributed by atoms with Gasteiger partial charge in [-0.1, -0.05) is 23.3 Å². The second-order valence-electron chi connectivity index (χ2n) is 23.8. The Morgan fingerprint density at radius 3 is 1.18 bits per heavy atom. The number of allylic oxidation sites excluding steroid dienone is 2. The molecule has 12 rings (SSSR count). The number of nitrogens with zero attached hydrogens (tertiary/aromatic N) is 2. The molecule has 12 aliphatic rings. The number of carbonyl (C=O) groups excluding carboxylic acids is 3. The molecule has 4 saturated heterocycles. The number of nitrogens with one attached hydrogen (secondary N) is 2. The average Bonchev–Trinajstić information content (AvgIpc) is 4.28. The van der Waals surface area contributed by atoms with Crippen LogP contribution in [0.2, 0.25) is 0 Å². The van der Waals surface area contributed by atoms with Gasteiger partial charge in [-0.3, -0.25) is 19.2 Å². The molecule has 8 aliphatic carbocycles. The van der Waals surface area contributed by atoms with E-state index in [0.29, 0.717) is 38.5 Å². The average molecular weight is 1020 g/mol. The number of amides is 2. The summed E-state index contributed by atoms with van der Waals surface area (Å²) in [6.07, 6.45) is 18.0. The van der Waals surface area contributed by atoms with Crippen molar-refractivity contribution < 1.29 is 81.8 Å². The number of ether oxygens (including phenoxy) is 7. The monoisotopic (exact) mass is 1020 g/mol. The first-order valence-electron chi connectivity index (χ1n) is 26.0. The molecular formula is C53H81LiN4O15.